The fourth-order valence-corrected chi connectivity index (χ4v) is 1.88. The Kier molecular flexibility index (Phi) is 7.03. The zero-order chi connectivity index (χ0) is 9.40. The van der Waals surface area contributed by atoms with E-state index in [0.717, 1.165) is 10.8 Å². The Labute approximate surface area is 80.0 Å². The Bertz CT molecular complexity index is 163. The van der Waals surface area contributed by atoms with E-state index in [0.29, 0.717) is 13.1 Å². The van der Waals surface area contributed by atoms with E-state index in [1.807, 2.05) is 4.31 Å². The molecule has 0 aliphatic carbocycles. The average Bonchev–Trinajstić information content (AvgIpc) is 2.01. The maximum absolute atomic E-state index is 10.2. The van der Waals surface area contributed by atoms with Gasteiger partial charge in [-0.25, -0.2) is 9.10 Å². The van der Waals surface area contributed by atoms with Crippen molar-refractivity contribution in [3.8, 4) is 0 Å². The highest BCUT2D eigenvalue weighted by Crippen LogP contribution is 2.25. The third kappa shape index (κ3) is 6.33. The molecule has 68 valence electrons. The first-order chi connectivity index (χ1) is 5.70. The predicted molar refractivity (Wildman–Crippen MR) is 55.2 cm³/mol. The van der Waals surface area contributed by atoms with Crippen molar-refractivity contribution < 1.29 is 9.90 Å². The summed E-state index contributed by atoms with van der Waals surface area (Å²) in [4.78, 5) is 10.2. The largest absolute Gasteiger partial charge is 0.472 e. The number of nitrogens with zero attached hydrogens (tertiary/aromatic N) is 1. The van der Waals surface area contributed by atoms with Crippen LogP contribution in [0, 0.1) is 0 Å². The molecule has 0 aromatic carbocycles. The lowest BCUT2D eigenvalue weighted by atomic mass is 10.5. The first-order valence-corrected chi connectivity index (χ1v) is 5.35. The molecule has 0 bridgehead atoms. The Balaban J connectivity index is 3.68. The second-order valence-electron chi connectivity index (χ2n) is 1.85. The van der Waals surface area contributed by atoms with Gasteiger partial charge in [0.15, 0.2) is 0 Å². The van der Waals surface area contributed by atoms with E-state index in [2.05, 4.69) is 13.2 Å². The van der Waals surface area contributed by atoms with Crippen LogP contribution in [0.1, 0.15) is 0 Å². The summed E-state index contributed by atoms with van der Waals surface area (Å²) in [7, 11) is 1.97. The highest BCUT2D eigenvalue weighted by Gasteiger charge is 2.05. The SMILES string of the molecule is C=CCN(CC=C)SSC(=O)O. The highest BCUT2D eigenvalue weighted by atomic mass is 33.1. The number of hydrogen-bond donors (Lipinski definition) is 1. The number of carbonyl (C=O) groups is 1. The van der Waals surface area contributed by atoms with E-state index in [-0.39, 0.29) is 0 Å². The molecule has 0 atom stereocenters. The molecular weight excluding hydrogens is 194 g/mol. The van der Waals surface area contributed by atoms with Crippen LogP contribution in [-0.4, -0.2) is 27.8 Å². The van der Waals surface area contributed by atoms with Crippen LogP contribution < -0.4 is 0 Å². The van der Waals surface area contributed by atoms with Gasteiger partial charge in [0.2, 0.25) is 0 Å². The molecule has 0 amide bonds. The van der Waals surface area contributed by atoms with Gasteiger partial charge >= 0.3 is 5.30 Å². The minimum atomic E-state index is -0.891. The van der Waals surface area contributed by atoms with Gasteiger partial charge in [0.25, 0.3) is 0 Å². The summed E-state index contributed by atoms with van der Waals surface area (Å²) in [5, 5.41) is 7.47. The molecular formula is C7H11NO2S2. The van der Waals surface area contributed by atoms with Crippen LogP contribution in [0.2, 0.25) is 0 Å². The van der Waals surface area contributed by atoms with Crippen molar-refractivity contribution in [3.05, 3.63) is 25.3 Å². The summed E-state index contributed by atoms with van der Waals surface area (Å²) in [6.45, 7) is 8.43. The molecule has 0 unspecified atom stereocenters. The molecule has 0 aliphatic rings. The van der Waals surface area contributed by atoms with Crippen LogP contribution in [0.3, 0.4) is 0 Å². The third-order valence-electron chi connectivity index (χ3n) is 0.879. The van der Waals surface area contributed by atoms with Crippen LogP contribution >= 0.6 is 21.8 Å². The van der Waals surface area contributed by atoms with Crippen molar-refractivity contribution in [3.63, 3.8) is 0 Å². The van der Waals surface area contributed by atoms with Crippen molar-refractivity contribution >= 4 is 27.1 Å². The molecule has 0 aromatic heterocycles. The van der Waals surface area contributed by atoms with E-state index < -0.39 is 5.30 Å². The Morgan fingerprint density at radius 3 is 2.25 bits per heavy atom. The molecule has 5 heteroatoms. The molecule has 0 aromatic rings. The van der Waals surface area contributed by atoms with Gasteiger partial charge in [0, 0.05) is 34.9 Å². The third-order valence-corrected chi connectivity index (χ3v) is 2.89. The van der Waals surface area contributed by atoms with E-state index in [9.17, 15) is 4.79 Å². The van der Waals surface area contributed by atoms with Gasteiger partial charge < -0.3 is 5.11 Å². The van der Waals surface area contributed by atoms with E-state index in [1.54, 1.807) is 12.2 Å². The van der Waals surface area contributed by atoms with Gasteiger partial charge in [-0.1, -0.05) is 12.2 Å². The van der Waals surface area contributed by atoms with E-state index >= 15 is 0 Å². The van der Waals surface area contributed by atoms with Crippen LogP contribution in [0.4, 0.5) is 4.79 Å². The average molecular weight is 205 g/mol. The van der Waals surface area contributed by atoms with Gasteiger partial charge in [-0.3, -0.25) is 0 Å². The van der Waals surface area contributed by atoms with Crippen molar-refractivity contribution in [2.24, 2.45) is 0 Å². The zero-order valence-corrected chi connectivity index (χ0v) is 8.24. The van der Waals surface area contributed by atoms with Crippen LogP contribution in [0.15, 0.2) is 25.3 Å². The minimum absolute atomic E-state index is 0.650. The van der Waals surface area contributed by atoms with Crippen molar-refractivity contribution in [2.45, 2.75) is 0 Å². The quantitative estimate of drug-likeness (QED) is 0.410. The first kappa shape index (κ1) is 11.6. The van der Waals surface area contributed by atoms with Gasteiger partial charge in [0.05, 0.1) is 0 Å². The van der Waals surface area contributed by atoms with Crippen LogP contribution in [-0.2, 0) is 0 Å². The summed E-state index contributed by atoms with van der Waals surface area (Å²) < 4.78 is 1.85. The maximum Gasteiger partial charge on any atom is 0.376 e. The highest BCUT2D eigenvalue weighted by molar-refractivity contribution is 8.81. The molecule has 3 nitrogen and oxygen atoms in total. The van der Waals surface area contributed by atoms with E-state index in [4.69, 9.17) is 5.11 Å². The van der Waals surface area contributed by atoms with Gasteiger partial charge in [-0.05, 0) is 0 Å². The standard InChI is InChI=1S/C7H11NO2S2/c1-3-5-8(6-4-2)12-11-7(9)10/h3-4H,1-2,5-6H2,(H,9,10). The fraction of sp³-hybridized carbons (Fsp3) is 0.286. The topological polar surface area (TPSA) is 40.5 Å². The number of rotatable bonds is 6. The number of carboxylic acid groups (broad SMARTS) is 1. The molecule has 12 heavy (non-hydrogen) atoms. The van der Waals surface area contributed by atoms with Gasteiger partial charge in [-0.15, -0.1) is 13.2 Å². The zero-order valence-electron chi connectivity index (χ0n) is 6.60. The molecule has 0 heterocycles. The molecule has 0 aliphatic heterocycles. The van der Waals surface area contributed by atoms with Crippen LogP contribution in [0.5, 0.6) is 0 Å². The lowest BCUT2D eigenvalue weighted by Crippen LogP contribution is -2.14. The molecule has 0 rings (SSSR count). The van der Waals surface area contributed by atoms with Gasteiger partial charge in [0.1, 0.15) is 0 Å². The lowest BCUT2D eigenvalue weighted by Gasteiger charge is -2.14. The smallest absolute Gasteiger partial charge is 0.376 e. The minimum Gasteiger partial charge on any atom is -0.472 e. The van der Waals surface area contributed by atoms with Crippen LogP contribution in [0.25, 0.3) is 0 Å². The van der Waals surface area contributed by atoms with E-state index in [1.165, 1.54) is 11.0 Å². The molecule has 0 radical (unpaired) electrons. The second-order valence-corrected chi connectivity index (χ2v) is 3.98. The van der Waals surface area contributed by atoms with Crippen molar-refractivity contribution in [2.75, 3.05) is 13.1 Å². The maximum atomic E-state index is 10.2. The lowest BCUT2D eigenvalue weighted by molar-refractivity contribution is 0.222. The Hall–Kier alpha value is -0.390. The summed E-state index contributed by atoms with van der Waals surface area (Å²) >= 11 is 0. The molecule has 0 saturated carbocycles. The Morgan fingerprint density at radius 2 is 1.92 bits per heavy atom. The summed E-state index contributed by atoms with van der Waals surface area (Å²) in [5.41, 5.74) is 0. The normalized spacial score (nSPS) is 9.75. The Morgan fingerprint density at radius 1 is 1.42 bits per heavy atom. The summed E-state index contributed by atoms with van der Waals surface area (Å²) in [6, 6.07) is 0. The predicted octanol–water partition coefficient (Wildman–Crippen LogP) is 2.63. The van der Waals surface area contributed by atoms with Crippen molar-refractivity contribution in [1.29, 1.82) is 0 Å². The second kappa shape index (κ2) is 7.27. The fourth-order valence-electron chi connectivity index (χ4n) is 0.508. The van der Waals surface area contributed by atoms with Gasteiger partial charge in [-0.2, -0.15) is 0 Å². The summed E-state index contributed by atoms with van der Waals surface area (Å²) in [6.07, 6.45) is 3.44. The molecule has 0 saturated heterocycles. The molecule has 0 spiro atoms. The monoisotopic (exact) mass is 205 g/mol. The number of hydrogen-bond acceptors (Lipinski definition) is 4. The molecule has 1 N–H and O–H groups in total. The van der Waals surface area contributed by atoms with Crippen molar-refractivity contribution in [1.82, 2.24) is 4.31 Å². The summed E-state index contributed by atoms with van der Waals surface area (Å²) in [5.74, 6) is 0. The first-order valence-electron chi connectivity index (χ1n) is 3.25. The molecule has 0 fully saturated rings.